The molecule has 1 rings (SSSR count). The lowest BCUT2D eigenvalue weighted by atomic mass is 9.99. The Morgan fingerprint density at radius 1 is 1.05 bits per heavy atom. The number of anilines is 1. The van der Waals surface area contributed by atoms with Crippen molar-refractivity contribution in [2.45, 2.75) is 40.0 Å². The Labute approximate surface area is 118 Å². The molecule has 0 fully saturated rings. The van der Waals surface area contributed by atoms with Gasteiger partial charge in [-0.05, 0) is 42.5 Å². The minimum atomic E-state index is 0.742. The molecule has 2 heteroatoms. The van der Waals surface area contributed by atoms with Crippen LogP contribution in [0.1, 0.15) is 40.0 Å². The van der Waals surface area contributed by atoms with Gasteiger partial charge in [-0.3, -0.25) is 0 Å². The second-order valence-corrected chi connectivity index (χ2v) is 6.01. The molecule has 1 unspecified atom stereocenters. The first kappa shape index (κ1) is 15.9. The van der Waals surface area contributed by atoms with Crippen LogP contribution >= 0.6 is 0 Å². The zero-order valence-corrected chi connectivity index (χ0v) is 13.1. The number of methoxy groups -OCH3 is 1. The second-order valence-electron chi connectivity index (χ2n) is 6.01. The van der Waals surface area contributed by atoms with Crippen molar-refractivity contribution in [3.05, 3.63) is 24.3 Å². The zero-order chi connectivity index (χ0) is 14.3. The standard InChI is InChI=1S/C17H29NO/c1-14(2)7-6-8-15(3)13-18(4)16-9-11-17(19-5)12-10-16/h9-12,14-15H,6-8,13H2,1-5H3. The number of rotatable bonds is 8. The van der Waals surface area contributed by atoms with Crippen molar-refractivity contribution < 1.29 is 4.74 Å². The average molecular weight is 263 g/mol. The highest BCUT2D eigenvalue weighted by molar-refractivity contribution is 5.48. The minimum Gasteiger partial charge on any atom is -0.497 e. The summed E-state index contributed by atoms with van der Waals surface area (Å²) < 4.78 is 5.19. The summed E-state index contributed by atoms with van der Waals surface area (Å²) in [5.41, 5.74) is 1.26. The zero-order valence-electron chi connectivity index (χ0n) is 13.1. The third-order valence-electron chi connectivity index (χ3n) is 3.58. The fourth-order valence-electron chi connectivity index (χ4n) is 2.38. The molecule has 0 spiro atoms. The largest absolute Gasteiger partial charge is 0.497 e. The number of hydrogen-bond acceptors (Lipinski definition) is 2. The van der Waals surface area contributed by atoms with Crippen molar-refractivity contribution in [2.24, 2.45) is 11.8 Å². The van der Waals surface area contributed by atoms with E-state index in [2.05, 4.69) is 44.9 Å². The van der Waals surface area contributed by atoms with E-state index in [0.717, 1.165) is 24.1 Å². The predicted octanol–water partition coefficient (Wildman–Crippen LogP) is 4.59. The molecular weight excluding hydrogens is 234 g/mol. The summed E-state index contributed by atoms with van der Waals surface area (Å²) in [6.45, 7) is 8.06. The van der Waals surface area contributed by atoms with Crippen LogP contribution in [0.25, 0.3) is 0 Å². The molecule has 0 aliphatic rings. The summed E-state index contributed by atoms with van der Waals surface area (Å²) in [4.78, 5) is 2.33. The van der Waals surface area contributed by atoms with Crippen LogP contribution in [0.4, 0.5) is 5.69 Å². The number of hydrogen-bond donors (Lipinski definition) is 0. The van der Waals surface area contributed by atoms with Crippen molar-refractivity contribution in [3.8, 4) is 5.75 Å². The highest BCUT2D eigenvalue weighted by atomic mass is 16.5. The molecule has 0 aromatic heterocycles. The molecule has 19 heavy (non-hydrogen) atoms. The Kier molecular flexibility index (Phi) is 6.75. The minimum absolute atomic E-state index is 0.742. The summed E-state index contributed by atoms with van der Waals surface area (Å²) in [5, 5.41) is 0. The van der Waals surface area contributed by atoms with Crippen molar-refractivity contribution >= 4 is 5.69 Å². The van der Waals surface area contributed by atoms with Gasteiger partial charge in [0, 0.05) is 19.3 Å². The Balaban J connectivity index is 2.38. The predicted molar refractivity (Wildman–Crippen MR) is 84.1 cm³/mol. The smallest absolute Gasteiger partial charge is 0.119 e. The molecule has 0 N–H and O–H groups in total. The maximum atomic E-state index is 5.19. The third-order valence-corrected chi connectivity index (χ3v) is 3.58. The molecule has 0 amide bonds. The van der Waals surface area contributed by atoms with E-state index in [-0.39, 0.29) is 0 Å². The van der Waals surface area contributed by atoms with Crippen LogP contribution in [0.15, 0.2) is 24.3 Å². The van der Waals surface area contributed by atoms with Gasteiger partial charge in [-0.25, -0.2) is 0 Å². The second kappa shape index (κ2) is 8.08. The Hall–Kier alpha value is -1.18. The van der Waals surface area contributed by atoms with Crippen LogP contribution in [0.2, 0.25) is 0 Å². The summed E-state index contributed by atoms with van der Waals surface area (Å²) in [5.74, 6) is 2.49. The fourth-order valence-corrected chi connectivity index (χ4v) is 2.38. The molecule has 0 heterocycles. The van der Waals surface area contributed by atoms with Crippen LogP contribution in [-0.2, 0) is 0 Å². The van der Waals surface area contributed by atoms with Gasteiger partial charge < -0.3 is 9.64 Å². The molecule has 2 nitrogen and oxygen atoms in total. The van der Waals surface area contributed by atoms with Crippen LogP contribution in [0, 0.1) is 11.8 Å². The topological polar surface area (TPSA) is 12.5 Å². The van der Waals surface area contributed by atoms with Gasteiger partial charge in [-0.2, -0.15) is 0 Å². The molecule has 1 aromatic rings. The van der Waals surface area contributed by atoms with E-state index in [1.54, 1.807) is 7.11 Å². The lowest BCUT2D eigenvalue weighted by Crippen LogP contribution is -2.23. The van der Waals surface area contributed by atoms with Crippen molar-refractivity contribution in [1.29, 1.82) is 0 Å². The Morgan fingerprint density at radius 3 is 2.21 bits per heavy atom. The number of ether oxygens (including phenoxy) is 1. The van der Waals surface area contributed by atoms with Crippen LogP contribution in [-0.4, -0.2) is 20.7 Å². The first-order chi connectivity index (χ1) is 9.02. The van der Waals surface area contributed by atoms with Crippen LogP contribution in [0.5, 0.6) is 5.75 Å². The van der Waals surface area contributed by atoms with Crippen LogP contribution < -0.4 is 9.64 Å². The lowest BCUT2D eigenvalue weighted by molar-refractivity contribution is 0.414. The SMILES string of the molecule is COc1ccc(N(C)CC(C)CCCC(C)C)cc1. The van der Waals surface area contributed by atoms with Gasteiger partial charge in [-0.15, -0.1) is 0 Å². The Bertz CT molecular complexity index is 345. The molecule has 0 aliphatic carbocycles. The van der Waals surface area contributed by atoms with Crippen molar-refractivity contribution in [2.75, 3.05) is 25.6 Å². The highest BCUT2D eigenvalue weighted by Gasteiger charge is 2.08. The van der Waals surface area contributed by atoms with Gasteiger partial charge in [0.25, 0.3) is 0 Å². The van der Waals surface area contributed by atoms with E-state index in [9.17, 15) is 0 Å². The van der Waals surface area contributed by atoms with Gasteiger partial charge in [0.2, 0.25) is 0 Å². The maximum Gasteiger partial charge on any atom is 0.119 e. The molecule has 0 aliphatic heterocycles. The molecule has 0 radical (unpaired) electrons. The van der Waals surface area contributed by atoms with Crippen molar-refractivity contribution in [3.63, 3.8) is 0 Å². The normalized spacial score (nSPS) is 12.5. The quantitative estimate of drug-likeness (QED) is 0.680. The first-order valence-corrected chi connectivity index (χ1v) is 7.38. The van der Waals surface area contributed by atoms with E-state index < -0.39 is 0 Å². The summed E-state index contributed by atoms with van der Waals surface area (Å²) in [6.07, 6.45) is 4.00. The molecule has 1 atom stereocenters. The molecule has 108 valence electrons. The third kappa shape index (κ3) is 6.00. The van der Waals surface area contributed by atoms with E-state index in [0.29, 0.717) is 0 Å². The summed E-state index contributed by atoms with van der Waals surface area (Å²) >= 11 is 0. The van der Waals surface area contributed by atoms with Crippen LogP contribution in [0.3, 0.4) is 0 Å². The number of nitrogens with zero attached hydrogens (tertiary/aromatic N) is 1. The van der Waals surface area contributed by atoms with E-state index in [4.69, 9.17) is 4.74 Å². The molecule has 0 saturated carbocycles. The molecule has 0 saturated heterocycles. The molecule has 1 aromatic carbocycles. The summed E-state index contributed by atoms with van der Waals surface area (Å²) in [6, 6.07) is 8.30. The van der Waals surface area contributed by atoms with Crippen molar-refractivity contribution in [1.82, 2.24) is 0 Å². The van der Waals surface area contributed by atoms with Gasteiger partial charge in [0.1, 0.15) is 5.75 Å². The van der Waals surface area contributed by atoms with E-state index in [1.807, 2.05) is 12.1 Å². The van der Waals surface area contributed by atoms with Gasteiger partial charge >= 0.3 is 0 Å². The van der Waals surface area contributed by atoms with Gasteiger partial charge in [-0.1, -0.05) is 33.6 Å². The van der Waals surface area contributed by atoms with E-state index >= 15 is 0 Å². The fraction of sp³-hybridized carbons (Fsp3) is 0.647. The van der Waals surface area contributed by atoms with Gasteiger partial charge in [0.15, 0.2) is 0 Å². The maximum absolute atomic E-state index is 5.19. The first-order valence-electron chi connectivity index (χ1n) is 7.38. The van der Waals surface area contributed by atoms with E-state index in [1.165, 1.54) is 24.9 Å². The lowest BCUT2D eigenvalue weighted by Gasteiger charge is -2.24. The van der Waals surface area contributed by atoms with Gasteiger partial charge in [0.05, 0.1) is 7.11 Å². The molecular formula is C17H29NO. The highest BCUT2D eigenvalue weighted by Crippen LogP contribution is 2.20. The summed E-state index contributed by atoms with van der Waals surface area (Å²) in [7, 11) is 3.87. The average Bonchev–Trinajstić information content (AvgIpc) is 2.38. The molecule has 0 bridgehead atoms. The monoisotopic (exact) mass is 263 g/mol. The Morgan fingerprint density at radius 2 is 1.68 bits per heavy atom. The number of benzene rings is 1.